The van der Waals surface area contributed by atoms with E-state index in [1.807, 2.05) is 6.07 Å². The molecule has 0 aromatic heterocycles. The van der Waals surface area contributed by atoms with E-state index in [0.29, 0.717) is 35.5 Å². The molecule has 1 saturated heterocycles. The minimum atomic E-state index is -0.577. The Hall–Kier alpha value is -3.33. The van der Waals surface area contributed by atoms with E-state index in [4.69, 9.17) is 10.00 Å². The van der Waals surface area contributed by atoms with Crippen molar-refractivity contribution in [3.05, 3.63) is 54.1 Å². The van der Waals surface area contributed by atoms with Gasteiger partial charge in [-0.05, 0) is 48.9 Å². The van der Waals surface area contributed by atoms with Crippen molar-refractivity contribution >= 4 is 23.2 Å². The topological polar surface area (TPSA) is 82.4 Å². The first-order chi connectivity index (χ1) is 12.1. The molecule has 126 valence electrons. The van der Waals surface area contributed by atoms with Crippen LogP contribution in [0.3, 0.4) is 0 Å². The van der Waals surface area contributed by atoms with E-state index in [0.717, 1.165) is 0 Å². The number of anilines is 2. The van der Waals surface area contributed by atoms with Gasteiger partial charge in [-0.1, -0.05) is 6.07 Å². The van der Waals surface area contributed by atoms with Gasteiger partial charge >= 0.3 is 0 Å². The molecule has 0 spiro atoms. The number of rotatable bonds is 4. The summed E-state index contributed by atoms with van der Waals surface area (Å²) >= 11 is 0. The van der Waals surface area contributed by atoms with E-state index < -0.39 is 6.04 Å². The van der Waals surface area contributed by atoms with Gasteiger partial charge in [-0.3, -0.25) is 14.5 Å². The Morgan fingerprint density at radius 2 is 2.04 bits per heavy atom. The van der Waals surface area contributed by atoms with Crippen molar-refractivity contribution in [1.29, 1.82) is 5.26 Å². The molecule has 0 radical (unpaired) electrons. The lowest BCUT2D eigenvalue weighted by Crippen LogP contribution is -2.41. The fraction of sp³-hybridized carbons (Fsp3) is 0.211. The Labute approximate surface area is 145 Å². The average Bonchev–Trinajstić information content (AvgIpc) is 3.03. The van der Waals surface area contributed by atoms with Gasteiger partial charge < -0.3 is 10.1 Å². The van der Waals surface area contributed by atoms with Gasteiger partial charge in [-0.25, -0.2) is 0 Å². The van der Waals surface area contributed by atoms with Crippen LogP contribution in [0.2, 0.25) is 0 Å². The highest BCUT2D eigenvalue weighted by Crippen LogP contribution is 2.29. The number of carbonyl (C=O) groups excluding carboxylic acids is 2. The highest BCUT2D eigenvalue weighted by atomic mass is 16.5. The minimum Gasteiger partial charge on any atom is -0.497 e. The number of carbonyl (C=O) groups is 2. The number of hydrogen-bond donors (Lipinski definition) is 1. The largest absolute Gasteiger partial charge is 0.497 e. The van der Waals surface area contributed by atoms with E-state index in [1.165, 1.54) is 4.90 Å². The smallest absolute Gasteiger partial charge is 0.247 e. The average molecular weight is 335 g/mol. The van der Waals surface area contributed by atoms with Gasteiger partial charge in [0, 0.05) is 17.8 Å². The van der Waals surface area contributed by atoms with Crippen LogP contribution in [0.1, 0.15) is 18.4 Å². The molecule has 1 fully saturated rings. The maximum atomic E-state index is 12.7. The Morgan fingerprint density at radius 3 is 2.72 bits per heavy atom. The molecule has 2 aromatic carbocycles. The molecule has 1 heterocycles. The number of nitrogens with zero attached hydrogens (tertiary/aromatic N) is 2. The summed E-state index contributed by atoms with van der Waals surface area (Å²) in [5.41, 5.74) is 1.67. The second kappa shape index (κ2) is 7.05. The zero-order valence-corrected chi connectivity index (χ0v) is 13.7. The van der Waals surface area contributed by atoms with E-state index in [1.54, 1.807) is 55.6 Å². The van der Waals surface area contributed by atoms with Crippen LogP contribution in [0, 0.1) is 11.3 Å². The van der Waals surface area contributed by atoms with Crippen LogP contribution in [0.5, 0.6) is 5.75 Å². The van der Waals surface area contributed by atoms with Crippen molar-refractivity contribution in [3.63, 3.8) is 0 Å². The molecule has 6 nitrogen and oxygen atoms in total. The van der Waals surface area contributed by atoms with Crippen LogP contribution in [0.15, 0.2) is 48.5 Å². The van der Waals surface area contributed by atoms with Gasteiger partial charge in [-0.15, -0.1) is 0 Å². The highest BCUT2D eigenvalue weighted by Gasteiger charge is 2.37. The summed E-state index contributed by atoms with van der Waals surface area (Å²) in [7, 11) is 1.57. The molecule has 1 unspecified atom stereocenters. The lowest BCUT2D eigenvalue weighted by Gasteiger charge is -2.24. The normalized spacial score (nSPS) is 16.4. The van der Waals surface area contributed by atoms with Gasteiger partial charge in [0.25, 0.3) is 0 Å². The van der Waals surface area contributed by atoms with Crippen molar-refractivity contribution in [2.75, 3.05) is 17.3 Å². The molecule has 1 atom stereocenters. The molecule has 0 bridgehead atoms. The molecule has 1 aliphatic rings. The molecule has 3 rings (SSSR count). The summed E-state index contributed by atoms with van der Waals surface area (Å²) in [5.74, 6) is 0.331. The van der Waals surface area contributed by atoms with Crippen LogP contribution in [-0.2, 0) is 9.59 Å². The molecular formula is C19H17N3O3. The second-order valence-electron chi connectivity index (χ2n) is 5.70. The number of hydrogen-bond acceptors (Lipinski definition) is 4. The Balaban J connectivity index is 1.80. The monoisotopic (exact) mass is 335 g/mol. The second-order valence-corrected chi connectivity index (χ2v) is 5.70. The summed E-state index contributed by atoms with van der Waals surface area (Å²) < 4.78 is 5.12. The number of benzene rings is 2. The third kappa shape index (κ3) is 3.45. The first-order valence-corrected chi connectivity index (χ1v) is 7.89. The van der Waals surface area contributed by atoms with Crippen LogP contribution >= 0.6 is 0 Å². The minimum absolute atomic E-state index is 0.0870. The summed E-state index contributed by atoms with van der Waals surface area (Å²) in [6, 6.07) is 15.2. The molecule has 25 heavy (non-hydrogen) atoms. The van der Waals surface area contributed by atoms with Gasteiger partial charge in [0.05, 0.1) is 18.7 Å². The number of amides is 2. The zero-order chi connectivity index (χ0) is 17.8. The van der Waals surface area contributed by atoms with E-state index in [-0.39, 0.29) is 11.8 Å². The van der Waals surface area contributed by atoms with Crippen LogP contribution < -0.4 is 15.0 Å². The maximum absolute atomic E-state index is 12.7. The number of ether oxygens (including phenoxy) is 1. The quantitative estimate of drug-likeness (QED) is 0.931. The standard InChI is InChI=1S/C19H17N3O3/c1-25-16-7-5-15(6-8-16)22-17(9-10-18(22)23)19(24)21-14-4-2-3-13(11-14)12-20/h2-8,11,17H,9-10H2,1H3,(H,21,24). The summed E-state index contributed by atoms with van der Waals surface area (Å²) in [4.78, 5) is 26.4. The lowest BCUT2D eigenvalue weighted by atomic mass is 10.1. The van der Waals surface area contributed by atoms with Crippen molar-refractivity contribution in [1.82, 2.24) is 0 Å². The Morgan fingerprint density at radius 1 is 1.28 bits per heavy atom. The third-order valence-electron chi connectivity index (χ3n) is 4.12. The van der Waals surface area contributed by atoms with Crippen molar-refractivity contribution in [2.24, 2.45) is 0 Å². The summed E-state index contributed by atoms with van der Waals surface area (Å²) in [5, 5.41) is 11.7. The van der Waals surface area contributed by atoms with Crippen molar-refractivity contribution in [2.45, 2.75) is 18.9 Å². The zero-order valence-electron chi connectivity index (χ0n) is 13.7. The maximum Gasteiger partial charge on any atom is 0.247 e. The molecule has 6 heteroatoms. The number of nitrogens with one attached hydrogen (secondary N) is 1. The molecule has 0 aliphatic carbocycles. The van der Waals surface area contributed by atoms with E-state index in [9.17, 15) is 9.59 Å². The molecule has 1 N–H and O–H groups in total. The van der Waals surface area contributed by atoms with Crippen LogP contribution in [0.4, 0.5) is 11.4 Å². The number of methoxy groups -OCH3 is 1. The number of nitriles is 1. The highest BCUT2D eigenvalue weighted by molar-refractivity contribution is 6.07. The Kier molecular flexibility index (Phi) is 4.66. The molecule has 1 aliphatic heterocycles. The van der Waals surface area contributed by atoms with Gasteiger partial charge in [0.2, 0.25) is 11.8 Å². The molecular weight excluding hydrogens is 318 g/mol. The molecule has 0 saturated carbocycles. The fourth-order valence-electron chi connectivity index (χ4n) is 2.89. The molecule has 2 amide bonds. The van der Waals surface area contributed by atoms with Crippen molar-refractivity contribution < 1.29 is 14.3 Å². The van der Waals surface area contributed by atoms with Crippen LogP contribution in [-0.4, -0.2) is 25.0 Å². The van der Waals surface area contributed by atoms with Gasteiger partial charge in [0.15, 0.2) is 0 Å². The predicted molar refractivity (Wildman–Crippen MR) is 93.3 cm³/mol. The first-order valence-electron chi connectivity index (χ1n) is 7.89. The predicted octanol–water partition coefficient (Wildman–Crippen LogP) is 2.70. The van der Waals surface area contributed by atoms with E-state index in [2.05, 4.69) is 5.32 Å². The van der Waals surface area contributed by atoms with Gasteiger partial charge in [-0.2, -0.15) is 5.26 Å². The first kappa shape index (κ1) is 16.5. The van der Waals surface area contributed by atoms with Gasteiger partial charge in [0.1, 0.15) is 11.8 Å². The lowest BCUT2D eigenvalue weighted by molar-refractivity contribution is -0.120. The van der Waals surface area contributed by atoms with Crippen LogP contribution in [0.25, 0.3) is 0 Å². The summed E-state index contributed by atoms with van der Waals surface area (Å²) in [6.07, 6.45) is 0.775. The summed E-state index contributed by atoms with van der Waals surface area (Å²) in [6.45, 7) is 0. The Bertz CT molecular complexity index is 840. The molecule has 2 aromatic rings. The SMILES string of the molecule is COc1ccc(N2C(=O)CCC2C(=O)Nc2cccc(C#N)c2)cc1. The fourth-order valence-corrected chi connectivity index (χ4v) is 2.89. The third-order valence-corrected chi connectivity index (χ3v) is 4.12. The van der Waals surface area contributed by atoms with Crippen molar-refractivity contribution in [3.8, 4) is 11.8 Å². The van der Waals surface area contributed by atoms with E-state index >= 15 is 0 Å².